The van der Waals surface area contributed by atoms with Crippen molar-refractivity contribution in [2.24, 2.45) is 0 Å². The van der Waals surface area contributed by atoms with Crippen LogP contribution in [0.5, 0.6) is 0 Å². The number of benzene rings is 1. The molecule has 8 heteroatoms. The van der Waals surface area contributed by atoms with Crippen LogP contribution in [0, 0.1) is 0 Å². The van der Waals surface area contributed by atoms with Gasteiger partial charge < -0.3 is 5.11 Å². The molecule has 0 radical (unpaired) electrons. The second kappa shape index (κ2) is 5.03. The number of hydrogen-bond donors (Lipinski definition) is 2. The molecule has 0 aliphatic rings. The van der Waals surface area contributed by atoms with Crippen molar-refractivity contribution in [2.75, 3.05) is 18.8 Å². The standard InChI is InChI=1S/C9H11BrN2O4S/c1-12(2)17(15,16)11-8-5-6(9(13)14)3-4-7(8)10/h3-5,11H,1-2H3,(H,13,14). The summed E-state index contributed by atoms with van der Waals surface area (Å²) in [5.41, 5.74) is 0.184. The molecule has 2 N–H and O–H groups in total. The van der Waals surface area contributed by atoms with E-state index in [9.17, 15) is 13.2 Å². The van der Waals surface area contributed by atoms with Crippen LogP contribution in [0.4, 0.5) is 5.69 Å². The second-order valence-corrected chi connectivity index (χ2v) is 6.13. The first-order valence-corrected chi connectivity index (χ1v) is 6.70. The summed E-state index contributed by atoms with van der Waals surface area (Å²) in [6.07, 6.45) is 0. The molecular formula is C9H11BrN2O4S. The molecule has 94 valence electrons. The molecule has 0 bridgehead atoms. The van der Waals surface area contributed by atoms with Crippen molar-refractivity contribution < 1.29 is 18.3 Å². The Labute approximate surface area is 108 Å². The van der Waals surface area contributed by atoms with Crippen molar-refractivity contribution in [2.45, 2.75) is 0 Å². The Balaban J connectivity index is 3.15. The van der Waals surface area contributed by atoms with E-state index < -0.39 is 16.2 Å². The Bertz CT molecular complexity index is 542. The molecule has 6 nitrogen and oxygen atoms in total. The number of carbonyl (C=O) groups is 1. The summed E-state index contributed by atoms with van der Waals surface area (Å²) in [5, 5.41) is 8.80. The molecular weight excluding hydrogens is 312 g/mol. The van der Waals surface area contributed by atoms with Gasteiger partial charge in [-0.05, 0) is 34.1 Å². The van der Waals surface area contributed by atoms with Gasteiger partial charge in [0.25, 0.3) is 0 Å². The first-order valence-electron chi connectivity index (χ1n) is 4.47. The topological polar surface area (TPSA) is 86.7 Å². The van der Waals surface area contributed by atoms with Crippen molar-refractivity contribution >= 4 is 37.8 Å². The minimum absolute atomic E-state index is 0.00431. The lowest BCUT2D eigenvalue weighted by atomic mass is 10.2. The fourth-order valence-electron chi connectivity index (χ4n) is 0.967. The van der Waals surface area contributed by atoms with Gasteiger partial charge in [-0.25, -0.2) is 4.79 Å². The lowest BCUT2D eigenvalue weighted by Gasteiger charge is -2.14. The maximum atomic E-state index is 11.6. The molecule has 1 rings (SSSR count). The molecule has 0 unspecified atom stereocenters. The molecule has 17 heavy (non-hydrogen) atoms. The summed E-state index contributed by atoms with van der Waals surface area (Å²) in [5.74, 6) is -1.12. The summed E-state index contributed by atoms with van der Waals surface area (Å²) >= 11 is 3.14. The summed E-state index contributed by atoms with van der Waals surface area (Å²) in [7, 11) is -0.911. The van der Waals surface area contributed by atoms with Gasteiger partial charge in [-0.3, -0.25) is 4.72 Å². The molecule has 0 aliphatic carbocycles. The van der Waals surface area contributed by atoms with E-state index in [4.69, 9.17) is 5.11 Å². The van der Waals surface area contributed by atoms with E-state index in [1.165, 1.54) is 32.3 Å². The monoisotopic (exact) mass is 322 g/mol. The molecule has 0 saturated carbocycles. The smallest absolute Gasteiger partial charge is 0.335 e. The van der Waals surface area contributed by atoms with Crippen LogP contribution >= 0.6 is 15.9 Å². The van der Waals surface area contributed by atoms with Crippen LogP contribution in [-0.4, -0.2) is 37.9 Å². The third-order valence-electron chi connectivity index (χ3n) is 1.93. The first-order chi connectivity index (χ1) is 7.74. The molecule has 0 saturated heterocycles. The summed E-state index contributed by atoms with van der Waals surface area (Å²) in [6.45, 7) is 0. The SMILES string of the molecule is CN(C)S(=O)(=O)Nc1cc(C(=O)O)ccc1Br. The van der Waals surface area contributed by atoms with E-state index in [2.05, 4.69) is 20.7 Å². The molecule has 0 fully saturated rings. The van der Waals surface area contributed by atoms with E-state index in [1.807, 2.05) is 0 Å². The van der Waals surface area contributed by atoms with Crippen LogP contribution in [0.25, 0.3) is 0 Å². The van der Waals surface area contributed by atoms with Crippen LogP contribution in [0.1, 0.15) is 10.4 Å². The van der Waals surface area contributed by atoms with E-state index in [0.29, 0.717) is 4.47 Å². The molecule has 0 heterocycles. The summed E-state index contributed by atoms with van der Waals surface area (Å²) in [6, 6.07) is 4.09. The fourth-order valence-corrected chi connectivity index (χ4v) is 2.07. The van der Waals surface area contributed by atoms with Crippen LogP contribution in [0.15, 0.2) is 22.7 Å². The molecule has 0 amide bonds. The highest BCUT2D eigenvalue weighted by Gasteiger charge is 2.16. The minimum atomic E-state index is -3.66. The highest BCUT2D eigenvalue weighted by Crippen LogP contribution is 2.25. The number of anilines is 1. The van der Waals surface area contributed by atoms with Crippen molar-refractivity contribution in [1.82, 2.24) is 4.31 Å². The predicted octanol–water partition coefficient (Wildman–Crippen LogP) is 1.37. The largest absolute Gasteiger partial charge is 0.478 e. The number of carboxylic acid groups (broad SMARTS) is 1. The maximum Gasteiger partial charge on any atom is 0.335 e. The Morgan fingerprint density at radius 2 is 2.00 bits per heavy atom. The highest BCUT2D eigenvalue weighted by molar-refractivity contribution is 9.10. The Hall–Kier alpha value is -1.12. The lowest BCUT2D eigenvalue weighted by Crippen LogP contribution is -2.29. The highest BCUT2D eigenvalue weighted by atomic mass is 79.9. The Morgan fingerprint density at radius 1 is 1.41 bits per heavy atom. The zero-order valence-electron chi connectivity index (χ0n) is 9.14. The third kappa shape index (κ3) is 3.42. The molecule has 0 aromatic heterocycles. The second-order valence-electron chi connectivity index (χ2n) is 3.39. The number of nitrogens with zero attached hydrogens (tertiary/aromatic N) is 1. The number of aromatic carboxylic acids is 1. The van der Waals surface area contributed by atoms with Gasteiger partial charge in [0, 0.05) is 18.6 Å². The fraction of sp³-hybridized carbons (Fsp3) is 0.222. The first kappa shape index (κ1) is 13.9. The minimum Gasteiger partial charge on any atom is -0.478 e. The van der Waals surface area contributed by atoms with E-state index in [1.54, 1.807) is 0 Å². The molecule has 0 atom stereocenters. The van der Waals surface area contributed by atoms with Gasteiger partial charge in [0.05, 0.1) is 11.3 Å². The van der Waals surface area contributed by atoms with Crippen molar-refractivity contribution in [1.29, 1.82) is 0 Å². The van der Waals surface area contributed by atoms with Crippen molar-refractivity contribution in [3.8, 4) is 0 Å². The third-order valence-corrected chi connectivity index (χ3v) is 4.06. The Kier molecular flexibility index (Phi) is 4.12. The zero-order chi connectivity index (χ0) is 13.2. The van der Waals surface area contributed by atoms with Gasteiger partial charge >= 0.3 is 16.2 Å². The van der Waals surface area contributed by atoms with Gasteiger partial charge in [-0.15, -0.1) is 0 Å². The predicted molar refractivity (Wildman–Crippen MR) is 67.3 cm³/mol. The van der Waals surface area contributed by atoms with Crippen LogP contribution in [-0.2, 0) is 10.2 Å². The van der Waals surface area contributed by atoms with Crippen molar-refractivity contribution in [3.63, 3.8) is 0 Å². The molecule has 1 aromatic carbocycles. The van der Waals surface area contributed by atoms with Gasteiger partial charge in [0.1, 0.15) is 0 Å². The summed E-state index contributed by atoms with van der Waals surface area (Å²) < 4.78 is 26.9. The quantitative estimate of drug-likeness (QED) is 0.876. The molecule has 0 spiro atoms. The van der Waals surface area contributed by atoms with Gasteiger partial charge in [-0.2, -0.15) is 12.7 Å². The van der Waals surface area contributed by atoms with E-state index in [-0.39, 0.29) is 11.3 Å². The van der Waals surface area contributed by atoms with Crippen LogP contribution in [0.3, 0.4) is 0 Å². The number of nitrogens with one attached hydrogen (secondary N) is 1. The number of rotatable bonds is 4. The average Bonchev–Trinajstić information content (AvgIpc) is 2.20. The lowest BCUT2D eigenvalue weighted by molar-refractivity contribution is 0.0697. The van der Waals surface area contributed by atoms with E-state index >= 15 is 0 Å². The normalized spacial score (nSPS) is 11.5. The maximum absolute atomic E-state index is 11.6. The van der Waals surface area contributed by atoms with Crippen molar-refractivity contribution in [3.05, 3.63) is 28.2 Å². The molecule has 1 aromatic rings. The zero-order valence-corrected chi connectivity index (χ0v) is 11.5. The average molecular weight is 323 g/mol. The Morgan fingerprint density at radius 3 is 2.47 bits per heavy atom. The van der Waals surface area contributed by atoms with E-state index in [0.717, 1.165) is 4.31 Å². The van der Waals surface area contributed by atoms with Gasteiger partial charge in [0.15, 0.2) is 0 Å². The number of hydrogen-bond acceptors (Lipinski definition) is 3. The van der Waals surface area contributed by atoms with Gasteiger partial charge in [-0.1, -0.05) is 0 Å². The molecule has 0 aliphatic heterocycles. The number of halogens is 1. The van der Waals surface area contributed by atoms with Crippen LogP contribution in [0.2, 0.25) is 0 Å². The summed E-state index contributed by atoms with van der Waals surface area (Å²) in [4.78, 5) is 10.8. The van der Waals surface area contributed by atoms with Crippen LogP contribution < -0.4 is 4.72 Å². The van der Waals surface area contributed by atoms with Gasteiger partial charge in [0.2, 0.25) is 0 Å². The number of carboxylic acids is 1.